The molecule has 0 saturated heterocycles. The van der Waals surface area contributed by atoms with Gasteiger partial charge in [-0.1, -0.05) is 0 Å². The van der Waals surface area contributed by atoms with Crippen LogP contribution in [0.15, 0.2) is 0 Å². The Morgan fingerprint density at radius 1 is 1.30 bits per heavy atom. The van der Waals surface area contributed by atoms with Crippen LogP contribution >= 0.6 is 12.2 Å². The molecule has 0 aliphatic heterocycles. The van der Waals surface area contributed by atoms with Crippen LogP contribution in [0, 0.1) is 0 Å². The lowest BCUT2D eigenvalue weighted by molar-refractivity contribution is 0.249. The average molecular weight is 162 g/mol. The summed E-state index contributed by atoms with van der Waals surface area (Å²) in [6.45, 7) is 0.922. The van der Waals surface area contributed by atoms with Gasteiger partial charge in [0.05, 0.1) is 0 Å². The van der Waals surface area contributed by atoms with Crippen LogP contribution in [0.1, 0.15) is 0 Å². The van der Waals surface area contributed by atoms with Crippen molar-refractivity contribution in [1.29, 1.82) is 0 Å². The highest BCUT2D eigenvalue weighted by Gasteiger charge is 1.89. The molecule has 0 rings (SSSR count). The van der Waals surface area contributed by atoms with Crippen LogP contribution in [0.5, 0.6) is 0 Å². The average Bonchev–Trinajstić information content (AvgIpc) is 1.79. The molecule has 0 unspecified atom stereocenters. The predicted molar refractivity (Wildman–Crippen MR) is 42.4 cm³/mol. The molecule has 0 saturated carbocycles. The van der Waals surface area contributed by atoms with E-state index in [1.165, 1.54) is 0 Å². The lowest BCUT2D eigenvalue weighted by atomic mass is 10.6. The van der Waals surface area contributed by atoms with Gasteiger partial charge >= 0.3 is 6.03 Å². The molecule has 0 atom stereocenters. The zero-order chi connectivity index (χ0) is 7.98. The number of thiocarbonyl (C=S) groups is 1. The lowest BCUT2D eigenvalue weighted by Crippen LogP contribution is -2.38. The molecule has 0 aliphatic carbocycles. The third-order valence-corrected chi connectivity index (χ3v) is 0.868. The van der Waals surface area contributed by atoms with E-state index in [0.717, 1.165) is 0 Å². The maximum absolute atomic E-state index is 10.1. The van der Waals surface area contributed by atoms with E-state index in [-0.39, 0.29) is 5.11 Å². The van der Waals surface area contributed by atoms with Crippen molar-refractivity contribution in [3.05, 3.63) is 0 Å². The number of rotatable bonds is 3. The third kappa shape index (κ3) is 6.96. The van der Waals surface area contributed by atoms with Gasteiger partial charge in [-0.05, 0) is 12.2 Å². The first-order valence-electron chi connectivity index (χ1n) is 2.69. The minimum atomic E-state index is -0.551. The van der Waals surface area contributed by atoms with E-state index in [4.69, 9.17) is 11.5 Å². The second-order valence-electron chi connectivity index (χ2n) is 1.58. The molecule has 0 fully saturated rings. The van der Waals surface area contributed by atoms with E-state index < -0.39 is 6.03 Å². The zero-order valence-corrected chi connectivity index (χ0v) is 6.20. The summed E-state index contributed by atoms with van der Waals surface area (Å²) < 4.78 is 0. The zero-order valence-electron chi connectivity index (χ0n) is 5.39. The van der Waals surface area contributed by atoms with E-state index >= 15 is 0 Å². The van der Waals surface area contributed by atoms with E-state index in [2.05, 4.69) is 22.9 Å². The molecule has 0 aromatic rings. The topological polar surface area (TPSA) is 93.2 Å². The molecule has 0 heterocycles. The van der Waals surface area contributed by atoms with Gasteiger partial charge in [0, 0.05) is 13.1 Å². The number of hydrogen-bond acceptors (Lipinski definition) is 2. The fourth-order valence-corrected chi connectivity index (χ4v) is 0.473. The summed E-state index contributed by atoms with van der Waals surface area (Å²) in [6.07, 6.45) is 0. The number of urea groups is 1. The second-order valence-corrected chi connectivity index (χ2v) is 2.02. The Morgan fingerprint density at radius 3 is 2.20 bits per heavy atom. The molecule has 6 N–H and O–H groups in total. The third-order valence-electron chi connectivity index (χ3n) is 0.723. The monoisotopic (exact) mass is 162 g/mol. The Hall–Kier alpha value is -1.04. The Bertz CT molecular complexity index is 121. The molecule has 58 valence electrons. The first-order valence-corrected chi connectivity index (χ1v) is 3.10. The van der Waals surface area contributed by atoms with Gasteiger partial charge in [-0.3, -0.25) is 0 Å². The molecule has 0 aromatic heterocycles. The molecule has 0 radical (unpaired) electrons. The second kappa shape index (κ2) is 4.80. The van der Waals surface area contributed by atoms with Crippen molar-refractivity contribution in [2.24, 2.45) is 11.5 Å². The van der Waals surface area contributed by atoms with Gasteiger partial charge in [0.2, 0.25) is 0 Å². The normalized spacial score (nSPS) is 8.40. The van der Waals surface area contributed by atoms with Crippen LogP contribution in [0.3, 0.4) is 0 Å². The van der Waals surface area contributed by atoms with E-state index in [1.54, 1.807) is 0 Å². The number of carbonyl (C=O) groups excluding carboxylic acids is 1. The summed E-state index contributed by atoms with van der Waals surface area (Å²) in [7, 11) is 0. The maximum atomic E-state index is 10.1. The van der Waals surface area contributed by atoms with Gasteiger partial charge in [0.1, 0.15) is 0 Å². The standard InChI is InChI=1S/C4H10N4OS/c5-3(9)7-1-2-8-4(6)10/h1-2H2,(H3,5,7,9)(H3,6,8,10). The summed E-state index contributed by atoms with van der Waals surface area (Å²) in [5.74, 6) is 0. The van der Waals surface area contributed by atoms with Crippen LogP contribution in [0.2, 0.25) is 0 Å². The smallest absolute Gasteiger partial charge is 0.312 e. The molecule has 2 amide bonds. The summed E-state index contributed by atoms with van der Waals surface area (Å²) in [4.78, 5) is 10.1. The number of nitrogens with one attached hydrogen (secondary N) is 2. The van der Waals surface area contributed by atoms with Crippen LogP contribution in [0.25, 0.3) is 0 Å². The highest BCUT2D eigenvalue weighted by molar-refractivity contribution is 7.80. The molecule has 0 aliphatic rings. The van der Waals surface area contributed by atoms with Gasteiger partial charge in [0.25, 0.3) is 0 Å². The van der Waals surface area contributed by atoms with Crippen molar-refractivity contribution in [3.63, 3.8) is 0 Å². The Balaban J connectivity index is 3.06. The van der Waals surface area contributed by atoms with Crippen molar-refractivity contribution >= 4 is 23.4 Å². The van der Waals surface area contributed by atoms with Crippen LogP contribution in [-0.2, 0) is 0 Å². The van der Waals surface area contributed by atoms with Crippen molar-refractivity contribution in [3.8, 4) is 0 Å². The largest absolute Gasteiger partial charge is 0.376 e. The van der Waals surface area contributed by atoms with Gasteiger partial charge < -0.3 is 22.1 Å². The fraction of sp³-hybridized carbons (Fsp3) is 0.500. The number of primary amides is 1. The first kappa shape index (κ1) is 8.96. The van der Waals surface area contributed by atoms with E-state index in [1.807, 2.05) is 0 Å². The number of amides is 2. The molecule has 10 heavy (non-hydrogen) atoms. The van der Waals surface area contributed by atoms with Crippen LogP contribution in [-0.4, -0.2) is 24.2 Å². The number of hydrogen-bond donors (Lipinski definition) is 4. The molecule has 0 bridgehead atoms. The summed E-state index contributed by atoms with van der Waals surface area (Å²) >= 11 is 4.50. The van der Waals surface area contributed by atoms with Gasteiger partial charge in [-0.25, -0.2) is 4.79 Å². The molecular weight excluding hydrogens is 152 g/mol. The number of carbonyl (C=O) groups is 1. The van der Waals surface area contributed by atoms with Crippen LogP contribution in [0.4, 0.5) is 4.79 Å². The van der Waals surface area contributed by atoms with Crippen molar-refractivity contribution in [1.82, 2.24) is 10.6 Å². The fourth-order valence-electron chi connectivity index (χ4n) is 0.371. The summed E-state index contributed by atoms with van der Waals surface area (Å²) in [5.41, 5.74) is 9.85. The highest BCUT2D eigenvalue weighted by atomic mass is 32.1. The van der Waals surface area contributed by atoms with E-state index in [9.17, 15) is 4.79 Å². The van der Waals surface area contributed by atoms with Crippen LogP contribution < -0.4 is 22.1 Å². The minimum absolute atomic E-state index is 0.214. The maximum Gasteiger partial charge on any atom is 0.312 e. The molecular formula is C4H10N4OS. The number of nitrogens with two attached hydrogens (primary N) is 2. The van der Waals surface area contributed by atoms with Gasteiger partial charge in [-0.15, -0.1) is 0 Å². The molecule has 0 spiro atoms. The Morgan fingerprint density at radius 2 is 1.80 bits per heavy atom. The Kier molecular flexibility index (Phi) is 4.30. The SMILES string of the molecule is NC(=O)NCCNC(N)=S. The highest BCUT2D eigenvalue weighted by Crippen LogP contribution is 1.59. The first-order chi connectivity index (χ1) is 4.63. The molecule has 6 heteroatoms. The van der Waals surface area contributed by atoms with Crippen molar-refractivity contribution in [2.45, 2.75) is 0 Å². The van der Waals surface area contributed by atoms with E-state index in [0.29, 0.717) is 13.1 Å². The van der Waals surface area contributed by atoms with Gasteiger partial charge in [-0.2, -0.15) is 0 Å². The minimum Gasteiger partial charge on any atom is -0.376 e. The quantitative estimate of drug-likeness (QED) is 0.300. The predicted octanol–water partition coefficient (Wildman–Crippen LogP) is -1.51. The Labute approximate surface area is 64.1 Å². The lowest BCUT2D eigenvalue weighted by Gasteiger charge is -2.02. The van der Waals surface area contributed by atoms with Crippen molar-refractivity contribution in [2.75, 3.05) is 13.1 Å². The summed E-state index contributed by atoms with van der Waals surface area (Å²) in [5, 5.41) is 5.22. The molecule has 5 nitrogen and oxygen atoms in total. The van der Waals surface area contributed by atoms with Gasteiger partial charge in [0.15, 0.2) is 5.11 Å². The molecule has 0 aromatic carbocycles. The summed E-state index contributed by atoms with van der Waals surface area (Å²) in [6, 6.07) is -0.551. The van der Waals surface area contributed by atoms with Crippen molar-refractivity contribution < 1.29 is 4.79 Å².